The Morgan fingerprint density at radius 2 is 2.28 bits per heavy atom. The largest absolute Gasteiger partial charge is 0.322 e. The van der Waals surface area contributed by atoms with Gasteiger partial charge in [0.05, 0.1) is 11.7 Å². The van der Waals surface area contributed by atoms with Gasteiger partial charge >= 0.3 is 0 Å². The molecule has 1 atom stereocenters. The predicted octanol–water partition coefficient (Wildman–Crippen LogP) is 1.46. The van der Waals surface area contributed by atoms with Crippen LogP contribution in [-0.4, -0.2) is 19.7 Å². The molecule has 0 amide bonds. The Balaban J connectivity index is 2.14. The van der Waals surface area contributed by atoms with Crippen LogP contribution in [0, 0.1) is 5.82 Å². The summed E-state index contributed by atoms with van der Waals surface area (Å²) in [5.41, 5.74) is 6.24. The first-order valence-corrected chi connectivity index (χ1v) is 5.95. The van der Waals surface area contributed by atoms with Crippen LogP contribution in [0.2, 0.25) is 0 Å². The van der Waals surface area contributed by atoms with Crippen molar-refractivity contribution in [2.45, 2.75) is 32.4 Å². The van der Waals surface area contributed by atoms with Gasteiger partial charge in [0, 0.05) is 19.2 Å². The van der Waals surface area contributed by atoms with E-state index in [1.165, 1.54) is 18.6 Å². The summed E-state index contributed by atoms with van der Waals surface area (Å²) in [4.78, 5) is 8.13. The van der Waals surface area contributed by atoms with Crippen molar-refractivity contribution in [1.29, 1.82) is 0 Å². The number of halogens is 1. The second-order valence-electron chi connectivity index (χ2n) is 4.08. The van der Waals surface area contributed by atoms with Gasteiger partial charge in [-0.1, -0.05) is 6.92 Å². The third kappa shape index (κ3) is 2.70. The molecule has 2 heterocycles. The van der Waals surface area contributed by atoms with Crippen LogP contribution in [0.5, 0.6) is 0 Å². The summed E-state index contributed by atoms with van der Waals surface area (Å²) in [6.07, 6.45) is 4.42. The van der Waals surface area contributed by atoms with Gasteiger partial charge in [0.25, 0.3) is 0 Å². The molecule has 0 spiro atoms. The van der Waals surface area contributed by atoms with Crippen molar-refractivity contribution in [3.8, 4) is 0 Å². The lowest BCUT2D eigenvalue weighted by molar-refractivity contribution is 0.524. The van der Waals surface area contributed by atoms with Crippen LogP contribution in [0.4, 0.5) is 4.39 Å². The Bertz CT molecular complexity index is 511. The summed E-state index contributed by atoms with van der Waals surface area (Å²) in [5.74, 6) is 0.376. The summed E-state index contributed by atoms with van der Waals surface area (Å²) in [7, 11) is 0. The van der Waals surface area contributed by atoms with Gasteiger partial charge in [-0.05, 0) is 18.6 Å². The molecule has 2 aromatic rings. The van der Waals surface area contributed by atoms with E-state index < -0.39 is 6.04 Å². The highest BCUT2D eigenvalue weighted by Crippen LogP contribution is 2.15. The standard InChI is InChI=1S/C12H16FN5/c1-2-6-18-11(16-8-17-18)7-10(14)12-9(13)4-3-5-15-12/h3-5,8,10H,2,6-7,14H2,1H3. The second kappa shape index (κ2) is 5.68. The van der Waals surface area contributed by atoms with Crippen LogP contribution in [0.3, 0.4) is 0 Å². The van der Waals surface area contributed by atoms with Crippen molar-refractivity contribution in [3.63, 3.8) is 0 Å². The maximum absolute atomic E-state index is 13.5. The molecular weight excluding hydrogens is 233 g/mol. The van der Waals surface area contributed by atoms with Crippen molar-refractivity contribution in [2.75, 3.05) is 0 Å². The molecule has 5 nitrogen and oxygen atoms in total. The van der Waals surface area contributed by atoms with Crippen LogP contribution in [0.25, 0.3) is 0 Å². The zero-order valence-electron chi connectivity index (χ0n) is 10.3. The first kappa shape index (κ1) is 12.6. The van der Waals surface area contributed by atoms with E-state index in [1.54, 1.807) is 10.7 Å². The van der Waals surface area contributed by atoms with Gasteiger partial charge in [-0.15, -0.1) is 0 Å². The average molecular weight is 249 g/mol. The van der Waals surface area contributed by atoms with Crippen LogP contribution < -0.4 is 5.73 Å². The molecule has 2 aromatic heterocycles. The van der Waals surface area contributed by atoms with Crippen LogP contribution >= 0.6 is 0 Å². The Morgan fingerprint density at radius 1 is 1.44 bits per heavy atom. The SMILES string of the molecule is CCCn1ncnc1CC(N)c1ncccc1F. The highest BCUT2D eigenvalue weighted by molar-refractivity contribution is 5.12. The fraction of sp³-hybridized carbons (Fsp3) is 0.417. The van der Waals surface area contributed by atoms with E-state index >= 15 is 0 Å². The maximum atomic E-state index is 13.5. The lowest BCUT2D eigenvalue weighted by Crippen LogP contribution is -2.19. The summed E-state index contributed by atoms with van der Waals surface area (Å²) in [6.45, 7) is 2.84. The van der Waals surface area contributed by atoms with Gasteiger partial charge in [-0.2, -0.15) is 5.10 Å². The van der Waals surface area contributed by atoms with Gasteiger partial charge in [-0.25, -0.2) is 9.37 Å². The number of nitrogens with zero attached hydrogens (tertiary/aromatic N) is 4. The van der Waals surface area contributed by atoms with E-state index in [0.717, 1.165) is 18.8 Å². The molecule has 0 radical (unpaired) electrons. The molecule has 2 N–H and O–H groups in total. The van der Waals surface area contributed by atoms with Crippen molar-refractivity contribution < 1.29 is 4.39 Å². The van der Waals surface area contributed by atoms with Crippen molar-refractivity contribution in [2.24, 2.45) is 5.73 Å². The Morgan fingerprint density at radius 3 is 3.00 bits per heavy atom. The van der Waals surface area contributed by atoms with Gasteiger partial charge in [0.15, 0.2) is 0 Å². The van der Waals surface area contributed by atoms with E-state index in [-0.39, 0.29) is 11.5 Å². The molecule has 0 aliphatic rings. The second-order valence-corrected chi connectivity index (χ2v) is 4.08. The number of rotatable bonds is 5. The Labute approximate surface area is 105 Å². The van der Waals surface area contributed by atoms with Gasteiger partial charge in [0.2, 0.25) is 0 Å². The number of aryl methyl sites for hydroxylation is 1. The topological polar surface area (TPSA) is 69.6 Å². The van der Waals surface area contributed by atoms with Crippen molar-refractivity contribution in [1.82, 2.24) is 19.7 Å². The van der Waals surface area contributed by atoms with Crippen molar-refractivity contribution in [3.05, 3.63) is 42.0 Å². The fourth-order valence-electron chi connectivity index (χ4n) is 1.81. The predicted molar refractivity (Wildman–Crippen MR) is 65.1 cm³/mol. The highest BCUT2D eigenvalue weighted by atomic mass is 19.1. The molecular formula is C12H16FN5. The van der Waals surface area contributed by atoms with E-state index in [1.807, 2.05) is 0 Å². The first-order chi connectivity index (χ1) is 8.72. The van der Waals surface area contributed by atoms with Gasteiger partial charge < -0.3 is 5.73 Å². The molecule has 1 unspecified atom stereocenters. The molecule has 0 saturated heterocycles. The van der Waals surface area contributed by atoms with E-state index in [2.05, 4.69) is 22.0 Å². The Kier molecular flexibility index (Phi) is 3.99. The summed E-state index contributed by atoms with van der Waals surface area (Å²) < 4.78 is 15.3. The molecule has 0 aliphatic heterocycles. The monoisotopic (exact) mass is 249 g/mol. The highest BCUT2D eigenvalue weighted by Gasteiger charge is 2.16. The number of nitrogens with two attached hydrogens (primary N) is 1. The zero-order chi connectivity index (χ0) is 13.0. The molecule has 0 saturated carbocycles. The van der Waals surface area contributed by atoms with Crippen LogP contribution in [-0.2, 0) is 13.0 Å². The van der Waals surface area contributed by atoms with E-state index in [4.69, 9.17) is 5.73 Å². The lowest BCUT2D eigenvalue weighted by atomic mass is 10.1. The molecule has 18 heavy (non-hydrogen) atoms. The van der Waals surface area contributed by atoms with Gasteiger partial charge in [0.1, 0.15) is 18.0 Å². The third-order valence-corrected chi connectivity index (χ3v) is 2.67. The normalized spacial score (nSPS) is 12.6. The summed E-state index contributed by atoms with van der Waals surface area (Å²) in [5, 5.41) is 4.11. The molecule has 0 aromatic carbocycles. The van der Waals surface area contributed by atoms with Crippen LogP contribution in [0.15, 0.2) is 24.7 Å². The quantitative estimate of drug-likeness (QED) is 0.871. The Hall–Kier alpha value is -1.82. The first-order valence-electron chi connectivity index (χ1n) is 5.95. The summed E-state index contributed by atoms with van der Waals surface area (Å²) >= 11 is 0. The number of hydrogen-bond acceptors (Lipinski definition) is 4. The van der Waals surface area contributed by atoms with E-state index in [9.17, 15) is 4.39 Å². The minimum Gasteiger partial charge on any atom is -0.322 e. The number of hydrogen-bond donors (Lipinski definition) is 1. The smallest absolute Gasteiger partial charge is 0.146 e. The van der Waals surface area contributed by atoms with Crippen molar-refractivity contribution >= 4 is 0 Å². The maximum Gasteiger partial charge on any atom is 0.146 e. The molecule has 96 valence electrons. The third-order valence-electron chi connectivity index (χ3n) is 2.67. The molecule has 2 rings (SSSR count). The van der Waals surface area contributed by atoms with Crippen LogP contribution in [0.1, 0.15) is 30.9 Å². The number of pyridine rings is 1. The molecule has 0 aliphatic carbocycles. The number of aromatic nitrogens is 4. The van der Waals surface area contributed by atoms with Gasteiger partial charge in [-0.3, -0.25) is 9.67 Å². The van der Waals surface area contributed by atoms with E-state index in [0.29, 0.717) is 6.42 Å². The fourth-order valence-corrected chi connectivity index (χ4v) is 1.81. The lowest BCUT2D eigenvalue weighted by Gasteiger charge is -2.11. The molecule has 0 bridgehead atoms. The minimum atomic E-state index is -0.508. The summed E-state index contributed by atoms with van der Waals surface area (Å²) in [6, 6.07) is 2.40. The molecule has 6 heteroatoms. The zero-order valence-corrected chi connectivity index (χ0v) is 10.3. The molecule has 0 fully saturated rings. The minimum absolute atomic E-state index is 0.267. The average Bonchev–Trinajstić information content (AvgIpc) is 2.78.